The van der Waals surface area contributed by atoms with Gasteiger partial charge in [-0.3, -0.25) is 0 Å². The van der Waals surface area contributed by atoms with Gasteiger partial charge in [-0.25, -0.2) is 0 Å². The molecule has 0 aliphatic heterocycles. The van der Waals surface area contributed by atoms with E-state index in [2.05, 4.69) is 24.4 Å². The maximum Gasteiger partial charge on any atom is 0.0000489 e. The number of hydrogen-bond acceptors (Lipinski definition) is 2. The smallest absolute Gasteiger partial charge is 0.0000489 e. The molecule has 0 fully saturated rings. The van der Waals surface area contributed by atoms with Crippen molar-refractivity contribution in [1.29, 1.82) is 5.41 Å². The highest BCUT2D eigenvalue weighted by Crippen LogP contribution is 2.09. The highest BCUT2D eigenvalue weighted by atomic mass is 14.8. The summed E-state index contributed by atoms with van der Waals surface area (Å²) in [5, 5.41) is 10.3. The lowest BCUT2D eigenvalue weighted by molar-refractivity contribution is 0.570. The predicted octanol–water partition coefficient (Wildman–Crippen LogP) is 6.65. The molecule has 0 spiro atoms. The zero-order valence-corrected chi connectivity index (χ0v) is 15.8. The Morgan fingerprint density at radius 1 is 0.609 bits per heavy atom. The van der Waals surface area contributed by atoms with Crippen molar-refractivity contribution >= 4 is 6.21 Å². The Morgan fingerprint density at radius 2 is 1.13 bits per heavy atom. The van der Waals surface area contributed by atoms with Gasteiger partial charge in [0.1, 0.15) is 0 Å². The molecule has 136 valence electrons. The van der Waals surface area contributed by atoms with Gasteiger partial charge in [-0.15, -0.1) is 0 Å². The molecule has 0 bridgehead atoms. The average Bonchev–Trinajstić information content (AvgIpc) is 2.57. The molecule has 0 aromatic carbocycles. The van der Waals surface area contributed by atoms with E-state index in [0.717, 1.165) is 19.5 Å². The van der Waals surface area contributed by atoms with E-state index in [0.29, 0.717) is 0 Å². The quantitative estimate of drug-likeness (QED) is 0.156. The Kier molecular flexibility index (Phi) is 20.8. The molecular formula is C21H42N2. The predicted molar refractivity (Wildman–Crippen MR) is 106 cm³/mol. The van der Waals surface area contributed by atoms with Crippen molar-refractivity contribution in [3.8, 4) is 0 Å². The Morgan fingerprint density at radius 3 is 1.70 bits per heavy atom. The van der Waals surface area contributed by atoms with Gasteiger partial charge in [0.2, 0.25) is 0 Å². The Labute approximate surface area is 146 Å². The van der Waals surface area contributed by atoms with E-state index in [1.165, 1.54) is 96.1 Å². The molecular weight excluding hydrogens is 280 g/mol. The molecule has 0 aromatic rings. The first kappa shape index (κ1) is 22.4. The van der Waals surface area contributed by atoms with Crippen molar-refractivity contribution in [2.75, 3.05) is 13.1 Å². The van der Waals surface area contributed by atoms with Crippen LogP contribution >= 0.6 is 0 Å². The molecule has 0 amide bonds. The Bertz CT molecular complexity index is 248. The fraction of sp³-hybridized carbons (Fsp3) is 0.857. The van der Waals surface area contributed by atoms with E-state index in [1.54, 1.807) is 0 Å². The van der Waals surface area contributed by atoms with Crippen LogP contribution in [0.3, 0.4) is 0 Å². The van der Waals surface area contributed by atoms with E-state index < -0.39 is 0 Å². The highest BCUT2D eigenvalue weighted by molar-refractivity contribution is 5.52. The minimum Gasteiger partial charge on any atom is -0.316 e. The summed E-state index contributed by atoms with van der Waals surface area (Å²) >= 11 is 0. The van der Waals surface area contributed by atoms with Gasteiger partial charge in [-0.2, -0.15) is 0 Å². The second kappa shape index (κ2) is 21.4. The van der Waals surface area contributed by atoms with Crippen LogP contribution in [0.5, 0.6) is 0 Å². The summed E-state index contributed by atoms with van der Waals surface area (Å²) in [6.45, 7) is 4.37. The number of nitrogens with one attached hydrogen (secondary N) is 2. The third kappa shape index (κ3) is 21.4. The number of allylic oxidation sites excluding steroid dienone is 2. The van der Waals surface area contributed by atoms with Gasteiger partial charge < -0.3 is 10.7 Å². The highest BCUT2D eigenvalue weighted by Gasteiger charge is 1.92. The van der Waals surface area contributed by atoms with E-state index >= 15 is 0 Å². The van der Waals surface area contributed by atoms with Gasteiger partial charge in [0.15, 0.2) is 0 Å². The third-order valence-corrected chi connectivity index (χ3v) is 4.33. The minimum absolute atomic E-state index is 0.867. The molecule has 0 aromatic heterocycles. The monoisotopic (exact) mass is 322 g/mol. The molecule has 0 saturated carbocycles. The maximum absolute atomic E-state index is 6.94. The van der Waals surface area contributed by atoms with E-state index in [4.69, 9.17) is 5.41 Å². The van der Waals surface area contributed by atoms with Crippen molar-refractivity contribution in [3.63, 3.8) is 0 Å². The summed E-state index contributed by atoms with van der Waals surface area (Å²) in [5.74, 6) is 0. The van der Waals surface area contributed by atoms with E-state index in [-0.39, 0.29) is 0 Å². The molecule has 0 atom stereocenters. The second-order valence-electron chi connectivity index (χ2n) is 6.68. The third-order valence-electron chi connectivity index (χ3n) is 4.33. The number of unbranched alkanes of at least 4 members (excludes halogenated alkanes) is 12. The minimum atomic E-state index is 0.867. The average molecular weight is 323 g/mol. The summed E-state index contributed by atoms with van der Waals surface area (Å²) in [7, 11) is 0. The molecule has 0 saturated heterocycles. The SMILES string of the molecule is CCCCCCCC/C=C\CCCCCCCCNCCC=N. The molecule has 23 heavy (non-hydrogen) atoms. The summed E-state index contributed by atoms with van der Waals surface area (Å²) < 4.78 is 0. The molecule has 0 radical (unpaired) electrons. The zero-order chi connectivity index (χ0) is 16.8. The summed E-state index contributed by atoms with van der Waals surface area (Å²) in [5.41, 5.74) is 0. The van der Waals surface area contributed by atoms with Crippen LogP contribution in [0.1, 0.15) is 103 Å². The van der Waals surface area contributed by atoms with Crippen LogP contribution in [0.4, 0.5) is 0 Å². The van der Waals surface area contributed by atoms with Crippen molar-refractivity contribution in [3.05, 3.63) is 12.2 Å². The van der Waals surface area contributed by atoms with Crippen LogP contribution in [0.2, 0.25) is 0 Å². The lowest BCUT2D eigenvalue weighted by atomic mass is 10.1. The van der Waals surface area contributed by atoms with Crippen molar-refractivity contribution in [2.45, 2.75) is 103 Å². The van der Waals surface area contributed by atoms with Gasteiger partial charge in [0.05, 0.1) is 0 Å². The fourth-order valence-electron chi connectivity index (χ4n) is 2.80. The number of rotatable bonds is 19. The Balaban J connectivity index is 3.03. The van der Waals surface area contributed by atoms with Crippen LogP contribution in [-0.2, 0) is 0 Å². The molecule has 0 rings (SSSR count). The maximum atomic E-state index is 6.94. The topological polar surface area (TPSA) is 35.9 Å². The van der Waals surface area contributed by atoms with Crippen LogP contribution in [-0.4, -0.2) is 19.3 Å². The molecule has 0 unspecified atom stereocenters. The molecule has 0 aliphatic carbocycles. The van der Waals surface area contributed by atoms with Gasteiger partial charge in [-0.05, 0) is 51.3 Å². The lowest BCUT2D eigenvalue weighted by Gasteiger charge is -2.03. The first-order valence-electron chi connectivity index (χ1n) is 10.3. The van der Waals surface area contributed by atoms with Crippen LogP contribution in [0.25, 0.3) is 0 Å². The van der Waals surface area contributed by atoms with Crippen LogP contribution < -0.4 is 5.32 Å². The van der Waals surface area contributed by atoms with E-state index in [1.807, 2.05) is 0 Å². The summed E-state index contributed by atoms with van der Waals surface area (Å²) in [4.78, 5) is 0. The molecule has 2 N–H and O–H groups in total. The zero-order valence-electron chi connectivity index (χ0n) is 15.8. The number of hydrogen-bond donors (Lipinski definition) is 2. The van der Waals surface area contributed by atoms with Crippen LogP contribution in [0, 0.1) is 5.41 Å². The van der Waals surface area contributed by atoms with Gasteiger partial charge >= 0.3 is 0 Å². The first-order valence-corrected chi connectivity index (χ1v) is 10.3. The van der Waals surface area contributed by atoms with Crippen molar-refractivity contribution in [1.82, 2.24) is 5.32 Å². The largest absolute Gasteiger partial charge is 0.316 e. The van der Waals surface area contributed by atoms with Gasteiger partial charge in [0.25, 0.3) is 0 Å². The van der Waals surface area contributed by atoms with Gasteiger partial charge in [-0.1, -0.05) is 76.9 Å². The van der Waals surface area contributed by atoms with E-state index in [9.17, 15) is 0 Å². The van der Waals surface area contributed by atoms with Crippen molar-refractivity contribution in [2.24, 2.45) is 0 Å². The molecule has 2 nitrogen and oxygen atoms in total. The molecule has 0 aliphatic rings. The Hall–Kier alpha value is -0.630. The second-order valence-corrected chi connectivity index (χ2v) is 6.68. The summed E-state index contributed by atoms with van der Waals surface area (Å²) in [6, 6.07) is 0. The molecule has 2 heteroatoms. The van der Waals surface area contributed by atoms with Crippen LogP contribution in [0.15, 0.2) is 12.2 Å². The molecule has 0 heterocycles. The lowest BCUT2D eigenvalue weighted by Crippen LogP contribution is -2.16. The standard InChI is InChI=1S/C21H42N2/c1-2-3-4-5-6-7-8-9-10-11-12-13-14-15-16-17-20-23-21-18-19-22/h9-10,19,22-23H,2-8,11-18,20-21H2,1H3/b10-9-,22-19?. The van der Waals surface area contributed by atoms with Gasteiger partial charge in [0, 0.05) is 6.54 Å². The fourth-order valence-corrected chi connectivity index (χ4v) is 2.80. The normalized spacial score (nSPS) is 11.3. The summed E-state index contributed by atoms with van der Waals surface area (Å²) in [6.07, 6.45) is 26.3. The van der Waals surface area contributed by atoms with Crippen molar-refractivity contribution < 1.29 is 0 Å². The first-order chi connectivity index (χ1) is 11.4.